The van der Waals surface area contributed by atoms with Gasteiger partial charge >= 0.3 is 0 Å². The van der Waals surface area contributed by atoms with Gasteiger partial charge in [0.15, 0.2) is 0 Å². The number of alkyl halides is 2. The van der Waals surface area contributed by atoms with E-state index in [9.17, 15) is 18.7 Å². The maximum atomic E-state index is 13.2. The Balaban J connectivity index is 1.37. The van der Waals surface area contributed by atoms with Crippen LogP contribution in [0.3, 0.4) is 0 Å². The normalized spacial score (nSPS) is 32.6. The molecule has 3 nitrogen and oxygen atoms in total. The van der Waals surface area contributed by atoms with Gasteiger partial charge in [0, 0.05) is 30.0 Å². The zero-order valence-corrected chi connectivity index (χ0v) is 15.5. The van der Waals surface area contributed by atoms with Gasteiger partial charge in [-0.25, -0.2) is 8.78 Å². The van der Waals surface area contributed by atoms with Crippen molar-refractivity contribution >= 4 is 5.91 Å². The number of benzene rings is 1. The van der Waals surface area contributed by atoms with Gasteiger partial charge < -0.3 is 10.0 Å². The fourth-order valence-corrected chi connectivity index (χ4v) is 5.28. The number of aliphatic hydroxyl groups is 1. The lowest BCUT2D eigenvalue weighted by Gasteiger charge is -2.52. The Morgan fingerprint density at radius 1 is 1.27 bits per heavy atom. The number of aryl methyl sites for hydroxylation is 1. The van der Waals surface area contributed by atoms with Crippen LogP contribution in [0, 0.1) is 18.3 Å². The Bertz CT molecular complexity index is 717. The van der Waals surface area contributed by atoms with E-state index in [1.807, 2.05) is 11.0 Å². The number of hydrogen-bond donors (Lipinski definition) is 1. The van der Waals surface area contributed by atoms with Crippen molar-refractivity contribution < 1.29 is 18.7 Å². The molecule has 3 fully saturated rings. The van der Waals surface area contributed by atoms with E-state index >= 15 is 0 Å². The van der Waals surface area contributed by atoms with Gasteiger partial charge in [-0.15, -0.1) is 0 Å². The molecule has 1 atom stereocenters. The SMILES string of the molecule is Cc1ccc(C2CCC3(C2)CN(C(=O)[C@H]2C[C@@](C)(O)C2)C3)cc1C(F)F. The van der Waals surface area contributed by atoms with Crippen molar-refractivity contribution in [2.75, 3.05) is 13.1 Å². The molecule has 0 aromatic heterocycles. The monoisotopic (exact) mass is 363 g/mol. The molecule has 1 N–H and O–H groups in total. The largest absolute Gasteiger partial charge is 0.390 e. The first-order valence-electron chi connectivity index (χ1n) is 9.58. The van der Waals surface area contributed by atoms with Crippen molar-refractivity contribution in [2.45, 2.75) is 63.9 Å². The van der Waals surface area contributed by atoms with Gasteiger partial charge in [0.2, 0.25) is 5.91 Å². The van der Waals surface area contributed by atoms with E-state index in [2.05, 4.69) is 0 Å². The van der Waals surface area contributed by atoms with E-state index < -0.39 is 12.0 Å². The quantitative estimate of drug-likeness (QED) is 0.875. The highest BCUT2D eigenvalue weighted by atomic mass is 19.3. The van der Waals surface area contributed by atoms with Crippen LogP contribution in [0.2, 0.25) is 0 Å². The summed E-state index contributed by atoms with van der Waals surface area (Å²) < 4.78 is 26.3. The molecule has 1 amide bonds. The maximum absolute atomic E-state index is 13.2. The molecule has 3 aliphatic rings. The number of nitrogens with zero attached hydrogens (tertiary/aromatic N) is 1. The molecule has 4 rings (SSSR count). The Labute approximate surface area is 153 Å². The molecule has 26 heavy (non-hydrogen) atoms. The van der Waals surface area contributed by atoms with Gasteiger partial charge in [0.25, 0.3) is 6.43 Å². The van der Waals surface area contributed by atoms with Crippen LogP contribution in [0.1, 0.15) is 68.1 Å². The third kappa shape index (κ3) is 3.04. The molecule has 1 aromatic rings. The molecule has 1 aromatic carbocycles. The number of hydrogen-bond acceptors (Lipinski definition) is 2. The van der Waals surface area contributed by atoms with Crippen LogP contribution in [0.15, 0.2) is 18.2 Å². The van der Waals surface area contributed by atoms with Gasteiger partial charge in [-0.3, -0.25) is 4.79 Å². The number of halogens is 2. The second-order valence-corrected chi connectivity index (χ2v) is 9.15. The van der Waals surface area contributed by atoms with E-state index in [4.69, 9.17) is 0 Å². The van der Waals surface area contributed by atoms with Crippen molar-refractivity contribution in [1.29, 1.82) is 0 Å². The summed E-state index contributed by atoms with van der Waals surface area (Å²) in [5.74, 6) is 0.473. The Hall–Kier alpha value is -1.49. The molecule has 2 saturated carbocycles. The van der Waals surface area contributed by atoms with Crippen LogP contribution < -0.4 is 0 Å². The summed E-state index contributed by atoms with van der Waals surface area (Å²) >= 11 is 0. The molecule has 1 aliphatic heterocycles. The second kappa shape index (κ2) is 6.01. The summed E-state index contributed by atoms with van der Waals surface area (Å²) in [4.78, 5) is 14.4. The number of carbonyl (C=O) groups excluding carboxylic acids is 1. The average Bonchev–Trinajstić information content (AvgIpc) is 2.96. The predicted molar refractivity (Wildman–Crippen MR) is 95.1 cm³/mol. The first-order valence-corrected chi connectivity index (χ1v) is 9.58. The van der Waals surface area contributed by atoms with Crippen molar-refractivity contribution in [3.63, 3.8) is 0 Å². The van der Waals surface area contributed by atoms with Crippen LogP contribution in [0.4, 0.5) is 8.78 Å². The van der Waals surface area contributed by atoms with Crippen molar-refractivity contribution in [2.24, 2.45) is 11.3 Å². The molecule has 1 heterocycles. The minimum atomic E-state index is -2.43. The van der Waals surface area contributed by atoms with Crippen LogP contribution in [-0.4, -0.2) is 34.6 Å². The second-order valence-electron chi connectivity index (χ2n) is 9.15. The van der Waals surface area contributed by atoms with Gasteiger partial charge in [-0.05, 0) is 69.1 Å². The molecule has 2 aliphatic carbocycles. The van der Waals surface area contributed by atoms with E-state index in [0.29, 0.717) is 24.3 Å². The molecule has 1 saturated heterocycles. The summed E-state index contributed by atoms with van der Waals surface area (Å²) in [5.41, 5.74) is 1.30. The van der Waals surface area contributed by atoms with Crippen molar-refractivity contribution in [3.05, 3.63) is 34.9 Å². The van der Waals surface area contributed by atoms with Crippen LogP contribution in [-0.2, 0) is 4.79 Å². The highest BCUT2D eigenvalue weighted by Crippen LogP contribution is 2.53. The summed E-state index contributed by atoms with van der Waals surface area (Å²) in [5, 5.41) is 9.83. The molecule has 5 heteroatoms. The zero-order valence-electron chi connectivity index (χ0n) is 15.5. The third-order valence-electron chi connectivity index (χ3n) is 6.80. The molecule has 1 unspecified atom stereocenters. The van der Waals surface area contributed by atoms with Gasteiger partial charge in [-0.1, -0.05) is 12.1 Å². The van der Waals surface area contributed by atoms with Crippen molar-refractivity contribution in [1.82, 2.24) is 4.90 Å². The Morgan fingerprint density at radius 3 is 2.58 bits per heavy atom. The standard InChI is InChI=1S/C21H27F2NO2/c1-13-3-4-14(7-17(13)18(22)23)15-5-6-21(10-15)11-24(12-21)19(25)16-8-20(2,26)9-16/h3-4,7,15-16,18,26H,5-6,8-12H2,1-2H3/t15?,16-,20+. The smallest absolute Gasteiger partial charge is 0.264 e. The van der Waals surface area contributed by atoms with E-state index in [1.165, 1.54) is 0 Å². The molecular weight excluding hydrogens is 336 g/mol. The summed E-state index contributed by atoms with van der Waals surface area (Å²) in [7, 11) is 0. The molecule has 1 spiro atoms. The molecule has 0 bridgehead atoms. The Morgan fingerprint density at radius 2 is 1.96 bits per heavy atom. The van der Waals surface area contributed by atoms with Crippen molar-refractivity contribution in [3.8, 4) is 0 Å². The van der Waals surface area contributed by atoms with E-state index in [1.54, 1.807) is 26.0 Å². The number of rotatable bonds is 3. The minimum absolute atomic E-state index is 0.0229. The highest BCUT2D eigenvalue weighted by molar-refractivity contribution is 5.81. The van der Waals surface area contributed by atoms with Crippen LogP contribution in [0.25, 0.3) is 0 Å². The molecule has 0 radical (unpaired) electrons. The van der Waals surface area contributed by atoms with E-state index in [0.717, 1.165) is 37.9 Å². The average molecular weight is 363 g/mol. The van der Waals surface area contributed by atoms with Gasteiger partial charge in [0.05, 0.1) is 5.60 Å². The lowest BCUT2D eigenvalue weighted by atomic mass is 9.69. The third-order valence-corrected chi connectivity index (χ3v) is 6.80. The fourth-order valence-electron chi connectivity index (χ4n) is 5.28. The highest BCUT2D eigenvalue weighted by Gasteiger charge is 2.53. The fraction of sp³-hybridized carbons (Fsp3) is 0.667. The topological polar surface area (TPSA) is 40.5 Å². The molecular formula is C21H27F2NO2. The predicted octanol–water partition coefficient (Wildman–Crippen LogP) is 4.19. The first kappa shape index (κ1) is 17.9. The first-order chi connectivity index (χ1) is 12.2. The van der Waals surface area contributed by atoms with Gasteiger partial charge in [-0.2, -0.15) is 0 Å². The van der Waals surface area contributed by atoms with E-state index in [-0.39, 0.29) is 22.8 Å². The van der Waals surface area contributed by atoms with Gasteiger partial charge in [0.1, 0.15) is 0 Å². The minimum Gasteiger partial charge on any atom is -0.390 e. The molecule has 142 valence electrons. The summed E-state index contributed by atoms with van der Waals surface area (Å²) in [6.07, 6.45) is 1.75. The number of carbonyl (C=O) groups is 1. The van der Waals surface area contributed by atoms with Crippen LogP contribution in [0.5, 0.6) is 0 Å². The zero-order chi connectivity index (χ0) is 18.7. The maximum Gasteiger partial charge on any atom is 0.264 e. The Kier molecular flexibility index (Phi) is 4.14. The lowest BCUT2D eigenvalue weighted by Crippen LogP contribution is -2.61. The lowest BCUT2D eigenvalue weighted by molar-refractivity contribution is -0.161. The number of amides is 1. The summed E-state index contributed by atoms with van der Waals surface area (Å²) in [6, 6.07) is 5.48. The number of likely N-dealkylation sites (tertiary alicyclic amines) is 1. The summed E-state index contributed by atoms with van der Waals surface area (Å²) in [6.45, 7) is 5.09. The van der Waals surface area contributed by atoms with Crippen LogP contribution >= 0.6 is 0 Å².